The Morgan fingerprint density at radius 1 is 1.12 bits per heavy atom. The van der Waals surface area contributed by atoms with Gasteiger partial charge in [-0.2, -0.15) is 8.42 Å². The first-order valence-corrected chi connectivity index (χ1v) is 9.33. The number of furan rings is 1. The lowest BCUT2D eigenvalue weighted by molar-refractivity contribution is 0.0791. The SMILES string of the molecule is CNC(CC(Oc1cccc2ccccc12)c1ccco1)OS(=O)(=O)O. The number of nitrogens with one attached hydrogen (secondary N) is 1. The molecule has 0 saturated heterocycles. The van der Waals surface area contributed by atoms with Crippen molar-refractivity contribution in [1.82, 2.24) is 5.32 Å². The Balaban J connectivity index is 1.89. The minimum Gasteiger partial charge on any atom is -0.482 e. The van der Waals surface area contributed by atoms with Gasteiger partial charge in [-0.15, -0.1) is 0 Å². The standard InChI is InChI=1S/C18H19NO6S/c1-19-18(25-26(20,21)22)12-17(16-10-5-11-23-16)24-15-9-4-7-13-6-2-3-8-14(13)15/h2-11,17-19H,12H2,1H3,(H,20,21,22). The Labute approximate surface area is 151 Å². The third-order valence-corrected chi connectivity index (χ3v) is 4.34. The molecule has 1 heterocycles. The first-order chi connectivity index (χ1) is 12.5. The van der Waals surface area contributed by atoms with Crippen LogP contribution in [0.4, 0.5) is 0 Å². The van der Waals surface area contributed by atoms with E-state index in [-0.39, 0.29) is 6.42 Å². The molecule has 3 rings (SSSR count). The van der Waals surface area contributed by atoms with Crippen molar-refractivity contribution in [1.29, 1.82) is 0 Å². The van der Waals surface area contributed by atoms with E-state index in [1.54, 1.807) is 12.1 Å². The normalized spacial score (nSPS) is 14.2. The molecule has 0 aliphatic rings. The topological polar surface area (TPSA) is 98.0 Å². The molecular formula is C18H19NO6S. The molecule has 7 nitrogen and oxygen atoms in total. The molecule has 0 amide bonds. The van der Waals surface area contributed by atoms with E-state index >= 15 is 0 Å². The molecule has 26 heavy (non-hydrogen) atoms. The Morgan fingerprint density at radius 2 is 1.88 bits per heavy atom. The third-order valence-electron chi connectivity index (χ3n) is 3.87. The highest BCUT2D eigenvalue weighted by atomic mass is 32.3. The van der Waals surface area contributed by atoms with Crippen LogP contribution in [0, 0.1) is 0 Å². The fraction of sp³-hybridized carbons (Fsp3) is 0.222. The van der Waals surface area contributed by atoms with E-state index in [9.17, 15) is 8.42 Å². The van der Waals surface area contributed by atoms with Gasteiger partial charge in [0.2, 0.25) is 0 Å². The van der Waals surface area contributed by atoms with Gasteiger partial charge in [0.15, 0.2) is 6.10 Å². The summed E-state index contributed by atoms with van der Waals surface area (Å²) >= 11 is 0. The second-order valence-electron chi connectivity index (χ2n) is 5.64. The van der Waals surface area contributed by atoms with Crippen LogP contribution in [0.3, 0.4) is 0 Å². The molecule has 3 aromatic rings. The quantitative estimate of drug-likeness (QED) is 0.459. The summed E-state index contributed by atoms with van der Waals surface area (Å²) in [7, 11) is -3.09. The number of hydrogen-bond donors (Lipinski definition) is 2. The summed E-state index contributed by atoms with van der Waals surface area (Å²) in [5.74, 6) is 1.14. The molecule has 0 saturated carbocycles. The van der Waals surface area contributed by atoms with Crippen LogP contribution < -0.4 is 10.1 Å². The monoisotopic (exact) mass is 377 g/mol. The minimum absolute atomic E-state index is 0.0903. The molecule has 0 aliphatic carbocycles. The lowest BCUT2D eigenvalue weighted by Crippen LogP contribution is -2.33. The molecule has 2 unspecified atom stereocenters. The molecule has 2 N–H and O–H groups in total. The lowest BCUT2D eigenvalue weighted by Gasteiger charge is -2.22. The number of fused-ring (bicyclic) bond motifs is 1. The molecule has 0 fully saturated rings. The summed E-state index contributed by atoms with van der Waals surface area (Å²) in [5.41, 5.74) is 0. The van der Waals surface area contributed by atoms with Crippen molar-refractivity contribution in [3.05, 3.63) is 66.6 Å². The molecule has 2 aromatic carbocycles. The van der Waals surface area contributed by atoms with Crippen LogP contribution in [0.25, 0.3) is 10.8 Å². The molecule has 0 aliphatic heterocycles. The van der Waals surface area contributed by atoms with Crippen molar-refractivity contribution in [3.63, 3.8) is 0 Å². The number of ether oxygens (including phenoxy) is 1. The van der Waals surface area contributed by atoms with Gasteiger partial charge in [-0.3, -0.25) is 9.87 Å². The van der Waals surface area contributed by atoms with Crippen molar-refractivity contribution in [2.24, 2.45) is 0 Å². The number of benzene rings is 2. The summed E-state index contributed by atoms with van der Waals surface area (Å²) in [4.78, 5) is 0. The van der Waals surface area contributed by atoms with E-state index in [1.807, 2.05) is 42.5 Å². The second kappa shape index (κ2) is 7.88. The van der Waals surface area contributed by atoms with E-state index in [4.69, 9.17) is 13.7 Å². The van der Waals surface area contributed by atoms with Gasteiger partial charge >= 0.3 is 10.4 Å². The summed E-state index contributed by atoms with van der Waals surface area (Å²) in [6.07, 6.45) is -0.0232. The average Bonchev–Trinajstić information content (AvgIpc) is 3.14. The van der Waals surface area contributed by atoms with Gasteiger partial charge in [-0.1, -0.05) is 36.4 Å². The van der Waals surface area contributed by atoms with Crippen LogP contribution in [-0.4, -0.2) is 26.2 Å². The van der Waals surface area contributed by atoms with Gasteiger partial charge < -0.3 is 9.15 Å². The van der Waals surface area contributed by atoms with Gasteiger partial charge in [0, 0.05) is 11.8 Å². The van der Waals surface area contributed by atoms with Crippen molar-refractivity contribution in [2.45, 2.75) is 18.8 Å². The summed E-state index contributed by atoms with van der Waals surface area (Å²) in [6.45, 7) is 0. The Kier molecular flexibility index (Phi) is 5.58. The smallest absolute Gasteiger partial charge is 0.398 e. The highest BCUT2D eigenvalue weighted by molar-refractivity contribution is 7.80. The molecule has 0 radical (unpaired) electrons. The van der Waals surface area contributed by atoms with Crippen molar-refractivity contribution >= 4 is 21.2 Å². The summed E-state index contributed by atoms with van der Waals surface area (Å²) in [6, 6.07) is 16.9. The fourth-order valence-electron chi connectivity index (χ4n) is 2.70. The predicted octanol–water partition coefficient (Wildman–Crippen LogP) is 3.31. The largest absolute Gasteiger partial charge is 0.482 e. The maximum Gasteiger partial charge on any atom is 0.398 e. The summed E-state index contributed by atoms with van der Waals surface area (Å²) in [5, 5.41) is 4.63. The van der Waals surface area contributed by atoms with Gasteiger partial charge in [0.05, 0.1) is 6.26 Å². The van der Waals surface area contributed by atoms with Crippen molar-refractivity contribution < 1.29 is 26.3 Å². The number of rotatable bonds is 8. The van der Waals surface area contributed by atoms with E-state index in [1.165, 1.54) is 13.3 Å². The minimum atomic E-state index is -4.61. The molecule has 2 atom stereocenters. The zero-order chi connectivity index (χ0) is 18.6. The van der Waals surface area contributed by atoms with Crippen LogP contribution in [-0.2, 0) is 14.6 Å². The molecule has 1 aromatic heterocycles. The van der Waals surface area contributed by atoms with Gasteiger partial charge in [0.1, 0.15) is 17.7 Å². The zero-order valence-electron chi connectivity index (χ0n) is 14.0. The Bertz CT molecular complexity index is 949. The van der Waals surface area contributed by atoms with Crippen molar-refractivity contribution in [3.8, 4) is 5.75 Å². The van der Waals surface area contributed by atoms with E-state index in [2.05, 4.69) is 9.50 Å². The molecule has 0 bridgehead atoms. The fourth-order valence-corrected chi connectivity index (χ4v) is 3.16. The number of hydrogen-bond acceptors (Lipinski definition) is 6. The van der Waals surface area contributed by atoms with Crippen molar-refractivity contribution in [2.75, 3.05) is 7.05 Å². The molecule has 8 heteroatoms. The molecular weight excluding hydrogens is 358 g/mol. The highest BCUT2D eigenvalue weighted by Crippen LogP contribution is 2.32. The maximum atomic E-state index is 11.0. The first kappa shape index (κ1) is 18.4. The average molecular weight is 377 g/mol. The van der Waals surface area contributed by atoms with Gasteiger partial charge in [-0.25, -0.2) is 4.18 Å². The van der Waals surface area contributed by atoms with Crippen LogP contribution in [0.2, 0.25) is 0 Å². The highest BCUT2D eigenvalue weighted by Gasteiger charge is 2.25. The van der Waals surface area contributed by atoms with Gasteiger partial charge in [0.25, 0.3) is 0 Å². The molecule has 138 valence electrons. The van der Waals surface area contributed by atoms with E-state index < -0.39 is 22.7 Å². The zero-order valence-corrected chi connectivity index (χ0v) is 14.8. The third kappa shape index (κ3) is 4.61. The van der Waals surface area contributed by atoms with Crippen LogP contribution in [0.1, 0.15) is 18.3 Å². The lowest BCUT2D eigenvalue weighted by atomic mass is 10.1. The predicted molar refractivity (Wildman–Crippen MR) is 96.1 cm³/mol. The van der Waals surface area contributed by atoms with Crippen LogP contribution in [0.5, 0.6) is 5.75 Å². The van der Waals surface area contributed by atoms with E-state index in [0.29, 0.717) is 11.5 Å². The van der Waals surface area contributed by atoms with E-state index in [0.717, 1.165) is 10.8 Å². The van der Waals surface area contributed by atoms with Gasteiger partial charge in [-0.05, 0) is 30.6 Å². The molecule has 0 spiro atoms. The summed E-state index contributed by atoms with van der Waals surface area (Å²) < 4.78 is 47.2. The van der Waals surface area contributed by atoms with Crippen LogP contribution in [0.15, 0.2) is 65.3 Å². The maximum absolute atomic E-state index is 11.0. The Morgan fingerprint density at radius 3 is 2.58 bits per heavy atom. The Hall–Kier alpha value is -2.39. The second-order valence-corrected chi connectivity index (χ2v) is 6.68. The first-order valence-electron chi connectivity index (χ1n) is 7.97. The van der Waals surface area contributed by atoms with Crippen LogP contribution >= 0.6 is 0 Å².